The van der Waals surface area contributed by atoms with Gasteiger partial charge < -0.3 is 14.6 Å². The zero-order valence-electron chi connectivity index (χ0n) is 23.2. The molecular formula is C31H44O6S. The molecule has 1 spiro atoms. The predicted molar refractivity (Wildman–Crippen MR) is 145 cm³/mol. The zero-order valence-corrected chi connectivity index (χ0v) is 24.0. The molecule has 7 atom stereocenters. The maximum atomic E-state index is 12.6. The number of aliphatic hydroxyl groups excluding tert-OH is 1. The maximum Gasteiger partial charge on any atom is 0.296 e. The van der Waals surface area contributed by atoms with Gasteiger partial charge in [-0.15, -0.1) is 0 Å². The van der Waals surface area contributed by atoms with Gasteiger partial charge in [0, 0.05) is 12.8 Å². The maximum absolute atomic E-state index is 12.6. The van der Waals surface area contributed by atoms with Gasteiger partial charge in [0.25, 0.3) is 10.1 Å². The first kappa shape index (κ1) is 26.9. The van der Waals surface area contributed by atoms with Crippen LogP contribution in [0.4, 0.5) is 0 Å². The summed E-state index contributed by atoms with van der Waals surface area (Å²) in [6.07, 6.45) is 10.9. The summed E-state index contributed by atoms with van der Waals surface area (Å²) in [7, 11) is -3.75. The van der Waals surface area contributed by atoms with E-state index in [2.05, 4.69) is 19.9 Å². The Hall–Kier alpha value is -1.25. The number of hydrogen-bond acceptors (Lipinski definition) is 6. The number of aryl methyl sites for hydroxylation is 1. The lowest BCUT2D eigenvalue weighted by Crippen LogP contribution is -2.53. The third kappa shape index (κ3) is 4.41. The Balaban J connectivity index is 1.15. The monoisotopic (exact) mass is 544 g/mol. The fraction of sp³-hybridized carbons (Fsp3) is 0.742. The molecule has 1 heterocycles. The molecule has 6 nitrogen and oxygen atoms in total. The second kappa shape index (κ2) is 9.69. The van der Waals surface area contributed by atoms with E-state index in [1.54, 1.807) is 24.3 Å². The Morgan fingerprint density at radius 1 is 1.08 bits per heavy atom. The molecule has 0 aromatic heterocycles. The van der Waals surface area contributed by atoms with E-state index in [1.165, 1.54) is 12.0 Å². The highest BCUT2D eigenvalue weighted by molar-refractivity contribution is 7.86. The molecule has 0 amide bonds. The van der Waals surface area contributed by atoms with Crippen LogP contribution >= 0.6 is 0 Å². The Kier molecular flexibility index (Phi) is 6.87. The van der Waals surface area contributed by atoms with Crippen molar-refractivity contribution < 1.29 is 27.2 Å². The smallest absolute Gasteiger partial charge is 0.296 e. The van der Waals surface area contributed by atoms with Crippen molar-refractivity contribution in [1.29, 1.82) is 0 Å². The van der Waals surface area contributed by atoms with Crippen molar-refractivity contribution in [2.45, 2.75) is 95.3 Å². The van der Waals surface area contributed by atoms with Crippen LogP contribution in [0.1, 0.15) is 77.2 Å². The number of aliphatic hydroxyl groups is 1. The largest absolute Gasteiger partial charge is 0.393 e. The topological polar surface area (TPSA) is 82.1 Å². The SMILES string of the molecule is Cc1ccc(S(=O)(=O)OCCC[C@H]2C[C@H](O)[C@@]3(C)CCC4C(CC=C5CC6(CC[C@@]54C)OCCO6)C23)cc1. The quantitative estimate of drug-likeness (QED) is 0.278. The van der Waals surface area contributed by atoms with Crippen molar-refractivity contribution in [3.8, 4) is 0 Å². The highest BCUT2D eigenvalue weighted by Gasteiger charge is 2.62. The molecule has 38 heavy (non-hydrogen) atoms. The lowest BCUT2D eigenvalue weighted by molar-refractivity contribution is -0.186. The number of rotatable bonds is 6. The summed E-state index contributed by atoms with van der Waals surface area (Å²) in [5, 5.41) is 11.3. The van der Waals surface area contributed by atoms with E-state index in [4.69, 9.17) is 13.7 Å². The molecule has 1 saturated heterocycles. The summed E-state index contributed by atoms with van der Waals surface area (Å²) >= 11 is 0. The number of allylic oxidation sites excluding steroid dienone is 1. The van der Waals surface area contributed by atoms with Gasteiger partial charge in [0.2, 0.25) is 0 Å². The van der Waals surface area contributed by atoms with E-state index >= 15 is 0 Å². The van der Waals surface area contributed by atoms with E-state index in [1.807, 2.05) is 6.92 Å². The third-order valence-corrected chi connectivity index (χ3v) is 12.6. The van der Waals surface area contributed by atoms with Crippen molar-refractivity contribution in [2.24, 2.45) is 34.5 Å². The summed E-state index contributed by atoms with van der Waals surface area (Å²) < 4.78 is 42.9. The average molecular weight is 545 g/mol. The first-order chi connectivity index (χ1) is 18.1. The number of ether oxygens (including phenoxy) is 2. The van der Waals surface area contributed by atoms with Crippen LogP contribution in [0, 0.1) is 41.4 Å². The number of hydrogen-bond donors (Lipinski definition) is 1. The third-order valence-electron chi connectivity index (χ3n) is 11.3. The summed E-state index contributed by atoms with van der Waals surface area (Å²) in [5.74, 6) is 1.62. The van der Waals surface area contributed by atoms with Gasteiger partial charge in [0.15, 0.2) is 5.79 Å². The second-order valence-electron chi connectivity index (χ2n) is 13.3. The fourth-order valence-electron chi connectivity index (χ4n) is 9.19. The first-order valence-electron chi connectivity index (χ1n) is 14.7. The number of benzene rings is 1. The molecule has 4 fully saturated rings. The van der Waals surface area contributed by atoms with Gasteiger partial charge in [0.1, 0.15) is 0 Å². The lowest BCUT2D eigenvalue weighted by Gasteiger charge is -2.59. The zero-order chi connectivity index (χ0) is 26.8. The molecule has 1 aromatic rings. The Morgan fingerprint density at radius 3 is 2.55 bits per heavy atom. The summed E-state index contributed by atoms with van der Waals surface area (Å²) in [6.45, 7) is 8.31. The van der Waals surface area contributed by atoms with E-state index in [0.717, 1.165) is 50.5 Å². The minimum Gasteiger partial charge on any atom is -0.393 e. The molecule has 1 aliphatic heterocycles. The van der Waals surface area contributed by atoms with Gasteiger partial charge >= 0.3 is 0 Å². The van der Waals surface area contributed by atoms with Gasteiger partial charge in [-0.25, -0.2) is 0 Å². The number of fused-ring (bicyclic) bond motifs is 5. The van der Waals surface area contributed by atoms with Crippen LogP contribution in [0.25, 0.3) is 0 Å². The van der Waals surface area contributed by atoms with Gasteiger partial charge in [-0.1, -0.05) is 43.2 Å². The lowest BCUT2D eigenvalue weighted by atomic mass is 9.47. The normalized spacial score (nSPS) is 39.9. The molecule has 0 radical (unpaired) electrons. The second-order valence-corrected chi connectivity index (χ2v) is 14.9. The van der Waals surface area contributed by atoms with Crippen molar-refractivity contribution in [2.75, 3.05) is 19.8 Å². The molecular weight excluding hydrogens is 500 g/mol. The van der Waals surface area contributed by atoms with Crippen LogP contribution in [0.5, 0.6) is 0 Å². The molecule has 4 aliphatic carbocycles. The molecule has 7 heteroatoms. The van der Waals surface area contributed by atoms with Gasteiger partial charge in [0.05, 0.1) is 30.8 Å². The molecule has 0 bridgehead atoms. The van der Waals surface area contributed by atoms with Crippen LogP contribution in [0.3, 0.4) is 0 Å². The molecule has 6 rings (SSSR count). The molecule has 1 N–H and O–H groups in total. The molecule has 3 unspecified atom stereocenters. The van der Waals surface area contributed by atoms with Crippen molar-refractivity contribution >= 4 is 10.1 Å². The molecule has 5 aliphatic rings. The van der Waals surface area contributed by atoms with Crippen LogP contribution in [0.2, 0.25) is 0 Å². The summed E-state index contributed by atoms with van der Waals surface area (Å²) in [4.78, 5) is 0.211. The molecule has 3 saturated carbocycles. The van der Waals surface area contributed by atoms with E-state index in [9.17, 15) is 13.5 Å². The van der Waals surface area contributed by atoms with Gasteiger partial charge in [-0.05, 0) is 98.5 Å². The predicted octanol–water partition coefficient (Wildman–Crippen LogP) is 5.77. The molecule has 1 aromatic carbocycles. The summed E-state index contributed by atoms with van der Waals surface area (Å²) in [5.41, 5.74) is 2.66. The van der Waals surface area contributed by atoms with E-state index in [0.29, 0.717) is 43.3 Å². The Morgan fingerprint density at radius 2 is 1.82 bits per heavy atom. The Labute approximate surface area is 228 Å². The van der Waals surface area contributed by atoms with Crippen molar-refractivity contribution in [1.82, 2.24) is 0 Å². The van der Waals surface area contributed by atoms with Crippen LogP contribution in [-0.2, 0) is 23.8 Å². The highest BCUT2D eigenvalue weighted by Crippen LogP contribution is 2.67. The average Bonchev–Trinajstić information content (AvgIpc) is 3.44. The van der Waals surface area contributed by atoms with Crippen LogP contribution in [-0.4, -0.2) is 45.2 Å². The van der Waals surface area contributed by atoms with Crippen LogP contribution < -0.4 is 0 Å². The fourth-order valence-corrected chi connectivity index (χ4v) is 10.1. The molecule has 210 valence electrons. The highest BCUT2D eigenvalue weighted by atomic mass is 32.2. The van der Waals surface area contributed by atoms with Crippen molar-refractivity contribution in [3.63, 3.8) is 0 Å². The Bertz CT molecular complexity index is 1170. The standard InChI is InChI=1S/C31H44O6S/c1-21-6-9-24(10-7-21)38(33,34)37-16-4-5-22-19-27(32)30(3)13-12-26-25(28(22)30)11-8-23-20-31(35-17-18-36-31)15-14-29(23,26)2/h6-10,22,25-28,32H,4-5,11-20H2,1-3H3/t22-,25?,26?,27-,28?,29-,30+/m0/s1. The van der Waals surface area contributed by atoms with E-state index < -0.39 is 15.9 Å². The van der Waals surface area contributed by atoms with E-state index in [-0.39, 0.29) is 28.4 Å². The summed E-state index contributed by atoms with van der Waals surface area (Å²) in [6, 6.07) is 6.80. The van der Waals surface area contributed by atoms with Gasteiger partial charge in [-0.2, -0.15) is 8.42 Å². The first-order valence-corrected chi connectivity index (χ1v) is 16.1. The minimum atomic E-state index is -3.75. The van der Waals surface area contributed by atoms with Crippen molar-refractivity contribution in [3.05, 3.63) is 41.5 Å². The minimum absolute atomic E-state index is 0.0596. The van der Waals surface area contributed by atoms with Gasteiger partial charge in [-0.3, -0.25) is 4.18 Å². The van der Waals surface area contributed by atoms with Crippen LogP contribution in [0.15, 0.2) is 40.8 Å².